The van der Waals surface area contributed by atoms with Crippen molar-refractivity contribution in [1.82, 2.24) is 10.2 Å². The molecule has 1 aromatic carbocycles. The molecule has 0 radical (unpaired) electrons. The van der Waals surface area contributed by atoms with E-state index in [0.717, 1.165) is 5.75 Å². The van der Waals surface area contributed by atoms with Crippen molar-refractivity contribution >= 4 is 17.6 Å². The van der Waals surface area contributed by atoms with E-state index in [1.807, 2.05) is 31.2 Å². The van der Waals surface area contributed by atoms with E-state index in [4.69, 9.17) is 4.74 Å². The standard InChI is InChI=1S/C16H20N2O4/c1-11-4-6-12(7-5-11)22-9-3-8-17-15(20)13-10-18(2)16(21)14(13)19/h4-7,13H,3,8-10H2,1-2H3,(H,17,20). The number of likely N-dealkylation sites (N-methyl/N-ethyl adjacent to an activating group) is 1. The third-order valence-electron chi connectivity index (χ3n) is 3.56. The molecule has 1 aliphatic rings. The minimum Gasteiger partial charge on any atom is -0.494 e. The first-order valence-electron chi connectivity index (χ1n) is 7.25. The molecule has 22 heavy (non-hydrogen) atoms. The van der Waals surface area contributed by atoms with Crippen molar-refractivity contribution in [2.45, 2.75) is 13.3 Å². The first kappa shape index (κ1) is 16.0. The Morgan fingerprint density at radius 2 is 2.00 bits per heavy atom. The van der Waals surface area contributed by atoms with E-state index >= 15 is 0 Å². The maximum absolute atomic E-state index is 11.9. The highest BCUT2D eigenvalue weighted by Crippen LogP contribution is 2.13. The van der Waals surface area contributed by atoms with Gasteiger partial charge in [0.1, 0.15) is 11.7 Å². The average Bonchev–Trinajstić information content (AvgIpc) is 2.76. The van der Waals surface area contributed by atoms with Crippen LogP contribution in [0.5, 0.6) is 5.75 Å². The number of nitrogens with zero attached hydrogens (tertiary/aromatic N) is 1. The quantitative estimate of drug-likeness (QED) is 0.473. The van der Waals surface area contributed by atoms with Gasteiger partial charge in [-0.1, -0.05) is 17.7 Å². The van der Waals surface area contributed by atoms with Crippen molar-refractivity contribution in [2.75, 3.05) is 26.7 Å². The van der Waals surface area contributed by atoms with Gasteiger partial charge in [0.2, 0.25) is 11.7 Å². The minimum atomic E-state index is -0.879. The zero-order chi connectivity index (χ0) is 16.1. The summed E-state index contributed by atoms with van der Waals surface area (Å²) in [4.78, 5) is 36.1. The number of amides is 2. The summed E-state index contributed by atoms with van der Waals surface area (Å²) < 4.78 is 5.54. The molecule has 0 bridgehead atoms. The molecule has 1 saturated heterocycles. The van der Waals surface area contributed by atoms with Crippen molar-refractivity contribution in [2.24, 2.45) is 5.92 Å². The summed E-state index contributed by atoms with van der Waals surface area (Å²) in [5.74, 6) is -1.71. The molecule has 118 valence electrons. The second kappa shape index (κ2) is 7.06. The molecule has 1 fully saturated rings. The maximum atomic E-state index is 11.9. The molecule has 2 amide bonds. The van der Waals surface area contributed by atoms with E-state index in [1.165, 1.54) is 17.5 Å². The summed E-state index contributed by atoms with van der Waals surface area (Å²) in [6, 6.07) is 7.73. The fourth-order valence-electron chi connectivity index (χ4n) is 2.21. The molecule has 1 heterocycles. The number of carbonyl (C=O) groups excluding carboxylic acids is 3. The molecule has 1 unspecified atom stereocenters. The van der Waals surface area contributed by atoms with Crippen molar-refractivity contribution < 1.29 is 19.1 Å². The molecule has 6 heteroatoms. The number of ketones is 1. The van der Waals surface area contributed by atoms with Gasteiger partial charge in [0.25, 0.3) is 5.91 Å². The summed E-state index contributed by atoms with van der Waals surface area (Å²) in [5, 5.41) is 2.67. The van der Waals surface area contributed by atoms with Crippen LogP contribution in [0.25, 0.3) is 0 Å². The fourth-order valence-corrected chi connectivity index (χ4v) is 2.21. The number of rotatable bonds is 6. The topological polar surface area (TPSA) is 75.7 Å². The third kappa shape index (κ3) is 3.84. The molecular weight excluding hydrogens is 284 g/mol. The van der Waals surface area contributed by atoms with Crippen LogP contribution in [0.15, 0.2) is 24.3 Å². The van der Waals surface area contributed by atoms with Crippen LogP contribution >= 0.6 is 0 Å². The number of hydrogen-bond donors (Lipinski definition) is 1. The van der Waals surface area contributed by atoms with Gasteiger partial charge < -0.3 is 15.0 Å². The molecule has 0 saturated carbocycles. The molecule has 6 nitrogen and oxygen atoms in total. The van der Waals surface area contributed by atoms with Crippen LogP contribution in [0.4, 0.5) is 0 Å². The fraction of sp³-hybridized carbons (Fsp3) is 0.438. The van der Waals surface area contributed by atoms with Gasteiger partial charge in [-0.05, 0) is 25.5 Å². The highest BCUT2D eigenvalue weighted by atomic mass is 16.5. The van der Waals surface area contributed by atoms with Crippen LogP contribution in [-0.4, -0.2) is 49.2 Å². The Labute approximate surface area is 129 Å². The molecule has 0 aromatic heterocycles. The predicted octanol–water partition coefficient (Wildman–Crippen LogP) is 0.537. The van der Waals surface area contributed by atoms with Gasteiger partial charge in [0, 0.05) is 20.1 Å². The van der Waals surface area contributed by atoms with Crippen molar-refractivity contribution in [3.05, 3.63) is 29.8 Å². The van der Waals surface area contributed by atoms with E-state index in [2.05, 4.69) is 5.32 Å². The Morgan fingerprint density at radius 3 is 2.59 bits per heavy atom. The number of Topliss-reactive ketones (excluding diaryl/α,β-unsaturated/α-hetero) is 1. The van der Waals surface area contributed by atoms with Crippen molar-refractivity contribution in [1.29, 1.82) is 0 Å². The van der Waals surface area contributed by atoms with Crippen molar-refractivity contribution in [3.63, 3.8) is 0 Å². The number of benzene rings is 1. The summed E-state index contributed by atoms with van der Waals surface area (Å²) in [5.41, 5.74) is 1.17. The largest absolute Gasteiger partial charge is 0.494 e. The first-order valence-corrected chi connectivity index (χ1v) is 7.25. The molecule has 0 spiro atoms. The molecule has 2 rings (SSSR count). The van der Waals surface area contributed by atoms with Crippen LogP contribution in [-0.2, 0) is 14.4 Å². The number of likely N-dealkylation sites (tertiary alicyclic amines) is 1. The number of carbonyl (C=O) groups is 3. The predicted molar refractivity (Wildman–Crippen MR) is 80.4 cm³/mol. The van der Waals surface area contributed by atoms with Gasteiger partial charge in [0.05, 0.1) is 6.61 Å². The minimum absolute atomic E-state index is 0.156. The zero-order valence-electron chi connectivity index (χ0n) is 12.8. The third-order valence-corrected chi connectivity index (χ3v) is 3.56. The zero-order valence-corrected chi connectivity index (χ0v) is 12.8. The van der Waals surface area contributed by atoms with Crippen LogP contribution < -0.4 is 10.1 Å². The number of aryl methyl sites for hydroxylation is 1. The normalized spacial score (nSPS) is 17.7. The van der Waals surface area contributed by atoms with Gasteiger partial charge in [-0.15, -0.1) is 0 Å². The summed E-state index contributed by atoms with van der Waals surface area (Å²) >= 11 is 0. The molecule has 1 aromatic rings. The van der Waals surface area contributed by atoms with Gasteiger partial charge >= 0.3 is 0 Å². The highest BCUT2D eigenvalue weighted by Gasteiger charge is 2.41. The lowest BCUT2D eigenvalue weighted by Crippen LogP contribution is -2.36. The lowest BCUT2D eigenvalue weighted by Gasteiger charge is -2.10. The molecule has 1 atom stereocenters. The first-order chi connectivity index (χ1) is 10.5. The molecule has 1 N–H and O–H groups in total. The van der Waals surface area contributed by atoms with E-state index in [0.29, 0.717) is 19.6 Å². The molecular formula is C16H20N2O4. The number of nitrogens with one attached hydrogen (secondary N) is 1. The van der Waals surface area contributed by atoms with Gasteiger partial charge in [-0.3, -0.25) is 14.4 Å². The van der Waals surface area contributed by atoms with Gasteiger partial charge in [-0.2, -0.15) is 0 Å². The molecule has 0 aliphatic carbocycles. The second-order valence-electron chi connectivity index (χ2n) is 5.41. The Hall–Kier alpha value is -2.37. The molecule has 1 aliphatic heterocycles. The average molecular weight is 304 g/mol. The lowest BCUT2D eigenvalue weighted by atomic mass is 10.1. The van der Waals surface area contributed by atoms with Crippen LogP contribution in [0, 0.1) is 12.8 Å². The Bertz CT molecular complexity index is 568. The SMILES string of the molecule is Cc1ccc(OCCCNC(=O)C2CN(C)C(=O)C2=O)cc1. The lowest BCUT2D eigenvalue weighted by molar-refractivity contribution is -0.142. The maximum Gasteiger partial charge on any atom is 0.290 e. The van der Waals surface area contributed by atoms with Crippen molar-refractivity contribution in [3.8, 4) is 5.75 Å². The van der Waals surface area contributed by atoms with E-state index in [-0.39, 0.29) is 6.54 Å². The monoisotopic (exact) mass is 304 g/mol. The van der Waals surface area contributed by atoms with Crippen LogP contribution in [0.2, 0.25) is 0 Å². The van der Waals surface area contributed by atoms with Crippen LogP contribution in [0.1, 0.15) is 12.0 Å². The number of hydrogen-bond acceptors (Lipinski definition) is 4. The van der Waals surface area contributed by atoms with Gasteiger partial charge in [0.15, 0.2) is 0 Å². The Morgan fingerprint density at radius 1 is 1.32 bits per heavy atom. The van der Waals surface area contributed by atoms with E-state index < -0.39 is 23.5 Å². The second-order valence-corrected chi connectivity index (χ2v) is 5.41. The summed E-state index contributed by atoms with van der Waals surface area (Å²) in [6.45, 7) is 3.04. The Kier molecular flexibility index (Phi) is 5.14. The summed E-state index contributed by atoms with van der Waals surface area (Å²) in [6.07, 6.45) is 0.629. The highest BCUT2D eigenvalue weighted by molar-refractivity contribution is 6.42. The smallest absolute Gasteiger partial charge is 0.290 e. The van der Waals surface area contributed by atoms with E-state index in [9.17, 15) is 14.4 Å². The van der Waals surface area contributed by atoms with Crippen LogP contribution in [0.3, 0.4) is 0 Å². The Balaban J connectivity index is 1.66. The van der Waals surface area contributed by atoms with E-state index in [1.54, 1.807) is 0 Å². The number of ether oxygens (including phenoxy) is 1. The summed E-state index contributed by atoms with van der Waals surface area (Å²) in [7, 11) is 1.52. The van der Waals surface area contributed by atoms with Gasteiger partial charge in [-0.25, -0.2) is 0 Å².